The van der Waals surface area contributed by atoms with Gasteiger partial charge in [-0.3, -0.25) is 0 Å². The number of alkyl halides is 3. The first-order valence-electron chi connectivity index (χ1n) is 3.99. The van der Waals surface area contributed by atoms with Crippen molar-refractivity contribution in [2.24, 2.45) is 0 Å². The van der Waals surface area contributed by atoms with Gasteiger partial charge in [-0.15, -0.1) is 11.6 Å². The highest BCUT2D eigenvalue weighted by Crippen LogP contribution is 2.28. The lowest BCUT2D eigenvalue weighted by Gasteiger charge is -2.09. The van der Waals surface area contributed by atoms with Crippen molar-refractivity contribution in [2.45, 2.75) is 18.7 Å². The Kier molecular flexibility index (Phi) is 4.67. The van der Waals surface area contributed by atoms with Gasteiger partial charge in [-0.1, -0.05) is 0 Å². The molecule has 0 unspecified atom stereocenters. The smallest absolute Gasteiger partial charge is 0.245 e. The maximum absolute atomic E-state index is 12.7. The largest absolute Gasteiger partial charge is 0.266 e. The van der Waals surface area contributed by atoms with Crippen LogP contribution in [0.5, 0.6) is 0 Å². The summed E-state index contributed by atoms with van der Waals surface area (Å²) in [5, 5.41) is 8.53. The maximum atomic E-state index is 12.7. The number of rotatable bonds is 3. The van der Waals surface area contributed by atoms with E-state index >= 15 is 0 Å². The number of nitrogens with zero attached hydrogens (tertiary/aromatic N) is 2. The van der Waals surface area contributed by atoms with E-state index in [0.717, 1.165) is 0 Å². The molecule has 1 heterocycles. The third-order valence-electron chi connectivity index (χ3n) is 1.78. The van der Waals surface area contributed by atoms with Crippen LogP contribution in [-0.2, 0) is 12.3 Å². The molecule has 15 heavy (non-hydrogen) atoms. The summed E-state index contributed by atoms with van der Waals surface area (Å²) in [6, 6.07) is 3.31. The second-order valence-corrected chi connectivity index (χ2v) is 4.04. The molecule has 80 valence electrons. The average Bonchev–Trinajstić information content (AvgIpc) is 2.16. The predicted molar refractivity (Wildman–Crippen MR) is 60.8 cm³/mol. The number of halogens is 4. The number of hydrogen-bond donors (Lipinski definition) is 0. The first-order valence-corrected chi connectivity index (χ1v) is 5.60. The van der Waals surface area contributed by atoms with Gasteiger partial charge in [0.15, 0.2) is 0 Å². The van der Waals surface area contributed by atoms with E-state index in [1.807, 2.05) is 6.07 Å². The van der Waals surface area contributed by atoms with Crippen molar-refractivity contribution in [1.82, 2.24) is 4.98 Å². The van der Waals surface area contributed by atoms with E-state index in [4.69, 9.17) is 16.9 Å². The van der Waals surface area contributed by atoms with Gasteiger partial charge < -0.3 is 0 Å². The van der Waals surface area contributed by atoms with Crippen LogP contribution in [0.1, 0.15) is 23.2 Å². The van der Waals surface area contributed by atoms with Gasteiger partial charge >= 0.3 is 0 Å². The van der Waals surface area contributed by atoms with Crippen LogP contribution in [0.2, 0.25) is 0 Å². The standard InChI is InChI=1S/C9H6ClF2IN2/c10-4-6-3-5(1-2-14)7(8(11)12)9(13)15-6/h3,8H,1,4H2. The number of hydrogen-bond acceptors (Lipinski definition) is 2. The summed E-state index contributed by atoms with van der Waals surface area (Å²) in [6.45, 7) is 0. The minimum Gasteiger partial charge on any atom is -0.245 e. The van der Waals surface area contributed by atoms with Crippen LogP contribution >= 0.6 is 34.2 Å². The van der Waals surface area contributed by atoms with Gasteiger partial charge in [0.2, 0.25) is 0 Å². The minimum absolute atomic E-state index is 0.0535. The van der Waals surface area contributed by atoms with Gasteiger partial charge in [0.1, 0.15) is 3.70 Å². The molecule has 6 heteroatoms. The molecule has 0 aliphatic rings. The fraction of sp³-hybridized carbons (Fsp3) is 0.333. The Bertz CT molecular complexity index is 404. The third kappa shape index (κ3) is 2.98. The highest BCUT2D eigenvalue weighted by molar-refractivity contribution is 14.1. The molecule has 0 aliphatic carbocycles. The first kappa shape index (κ1) is 12.6. The lowest BCUT2D eigenvalue weighted by molar-refractivity contribution is 0.149. The predicted octanol–water partition coefficient (Wildman–Crippen LogP) is 3.43. The molecule has 0 saturated carbocycles. The van der Waals surface area contributed by atoms with Crippen LogP contribution < -0.4 is 0 Å². The van der Waals surface area contributed by atoms with Crippen LogP contribution in [0.4, 0.5) is 8.78 Å². The Balaban J connectivity index is 3.30. The summed E-state index contributed by atoms with van der Waals surface area (Å²) in [5.74, 6) is 0.151. The summed E-state index contributed by atoms with van der Waals surface area (Å²) < 4.78 is 25.5. The molecule has 2 nitrogen and oxygen atoms in total. The van der Waals surface area contributed by atoms with Gasteiger partial charge in [-0.05, 0) is 34.2 Å². The van der Waals surface area contributed by atoms with E-state index in [2.05, 4.69) is 4.98 Å². The van der Waals surface area contributed by atoms with Gasteiger partial charge in [0, 0.05) is 0 Å². The SMILES string of the molecule is N#CCc1cc(CCl)nc(I)c1C(F)F. The zero-order valence-corrected chi connectivity index (χ0v) is 10.4. The summed E-state index contributed by atoms with van der Waals surface area (Å²) in [4.78, 5) is 3.92. The first-order chi connectivity index (χ1) is 7.10. The van der Waals surface area contributed by atoms with Crippen LogP contribution in [-0.4, -0.2) is 4.98 Å². The summed E-state index contributed by atoms with van der Waals surface area (Å²) in [7, 11) is 0. The van der Waals surface area contributed by atoms with Crippen molar-refractivity contribution in [3.8, 4) is 6.07 Å². The maximum Gasteiger partial charge on any atom is 0.266 e. The van der Waals surface area contributed by atoms with Gasteiger partial charge in [0.05, 0.1) is 29.6 Å². The topological polar surface area (TPSA) is 36.7 Å². The molecule has 1 rings (SSSR count). The van der Waals surface area contributed by atoms with Crippen molar-refractivity contribution >= 4 is 34.2 Å². The molecule has 0 N–H and O–H groups in total. The molecular formula is C9H6ClF2IN2. The molecule has 0 amide bonds. The van der Waals surface area contributed by atoms with E-state index in [0.29, 0.717) is 11.3 Å². The Morgan fingerprint density at radius 1 is 1.60 bits per heavy atom. The second kappa shape index (κ2) is 5.56. The second-order valence-electron chi connectivity index (χ2n) is 2.75. The number of pyridine rings is 1. The molecule has 0 aromatic carbocycles. The molecule has 0 aliphatic heterocycles. The van der Waals surface area contributed by atoms with E-state index in [9.17, 15) is 8.78 Å². The molecule has 1 aromatic rings. The Labute approximate surface area is 104 Å². The zero-order chi connectivity index (χ0) is 11.4. The fourth-order valence-corrected chi connectivity index (χ4v) is 2.19. The van der Waals surface area contributed by atoms with E-state index < -0.39 is 6.43 Å². The van der Waals surface area contributed by atoms with E-state index in [1.165, 1.54) is 6.07 Å². The highest BCUT2D eigenvalue weighted by atomic mass is 127. The van der Waals surface area contributed by atoms with Crippen molar-refractivity contribution < 1.29 is 8.78 Å². The molecule has 0 fully saturated rings. The average molecular weight is 343 g/mol. The third-order valence-corrected chi connectivity index (χ3v) is 2.87. The van der Waals surface area contributed by atoms with Crippen LogP contribution in [0, 0.1) is 15.0 Å². The van der Waals surface area contributed by atoms with Gasteiger partial charge in [-0.25, -0.2) is 13.8 Å². The molecule has 0 spiro atoms. The van der Waals surface area contributed by atoms with E-state index in [1.54, 1.807) is 22.6 Å². The van der Waals surface area contributed by atoms with E-state index in [-0.39, 0.29) is 21.6 Å². The van der Waals surface area contributed by atoms with Crippen molar-refractivity contribution in [2.75, 3.05) is 0 Å². The highest BCUT2D eigenvalue weighted by Gasteiger charge is 2.18. The Hall–Kier alpha value is -0.480. The monoisotopic (exact) mass is 342 g/mol. The van der Waals surface area contributed by atoms with Crippen molar-refractivity contribution in [1.29, 1.82) is 5.26 Å². The molecule has 0 atom stereocenters. The van der Waals surface area contributed by atoms with Gasteiger partial charge in [0.25, 0.3) is 6.43 Å². The van der Waals surface area contributed by atoms with Crippen LogP contribution in [0.15, 0.2) is 6.07 Å². The number of aromatic nitrogens is 1. The lowest BCUT2D eigenvalue weighted by Crippen LogP contribution is -2.03. The van der Waals surface area contributed by atoms with Crippen LogP contribution in [0.25, 0.3) is 0 Å². The number of nitriles is 1. The minimum atomic E-state index is -2.61. The Morgan fingerprint density at radius 3 is 2.73 bits per heavy atom. The van der Waals surface area contributed by atoms with Crippen molar-refractivity contribution in [3.63, 3.8) is 0 Å². The zero-order valence-electron chi connectivity index (χ0n) is 7.48. The molecule has 0 bridgehead atoms. The summed E-state index contributed by atoms with van der Waals surface area (Å²) in [5.41, 5.74) is 0.657. The molecule has 0 radical (unpaired) electrons. The summed E-state index contributed by atoms with van der Waals surface area (Å²) in [6.07, 6.45) is -2.67. The molecule has 0 saturated heterocycles. The van der Waals surface area contributed by atoms with Gasteiger partial charge in [-0.2, -0.15) is 5.26 Å². The van der Waals surface area contributed by atoms with Crippen LogP contribution in [0.3, 0.4) is 0 Å². The summed E-state index contributed by atoms with van der Waals surface area (Å²) >= 11 is 7.30. The molecule has 1 aromatic heterocycles. The normalized spacial score (nSPS) is 10.4. The van der Waals surface area contributed by atoms with Crippen molar-refractivity contribution in [3.05, 3.63) is 26.6 Å². The lowest BCUT2D eigenvalue weighted by atomic mass is 10.1. The molecular weight excluding hydrogens is 336 g/mol. The quantitative estimate of drug-likeness (QED) is 0.479. The Morgan fingerprint density at radius 2 is 2.27 bits per heavy atom. The fourth-order valence-electron chi connectivity index (χ4n) is 1.16.